The van der Waals surface area contributed by atoms with Gasteiger partial charge in [0.1, 0.15) is 16.6 Å². The molecule has 0 bridgehead atoms. The van der Waals surface area contributed by atoms with E-state index >= 15 is 0 Å². The molecule has 1 heterocycles. The van der Waals surface area contributed by atoms with Crippen molar-refractivity contribution in [3.63, 3.8) is 0 Å². The minimum Gasteiger partial charge on any atom is -0.497 e. The fourth-order valence-electron chi connectivity index (χ4n) is 2.37. The second-order valence-corrected chi connectivity index (χ2v) is 5.75. The minimum absolute atomic E-state index is 0.0739. The predicted octanol–water partition coefficient (Wildman–Crippen LogP) is 4.01. The number of nitrogens with zero attached hydrogens (tertiary/aromatic N) is 1. The van der Waals surface area contributed by atoms with E-state index in [1.165, 1.54) is 19.2 Å². The number of rotatable bonds is 3. The third-order valence-electron chi connectivity index (χ3n) is 3.57. The highest BCUT2D eigenvalue weighted by Crippen LogP contribution is 2.36. The molecule has 0 atom stereocenters. The van der Waals surface area contributed by atoms with Gasteiger partial charge in [0.2, 0.25) is 0 Å². The fourth-order valence-corrected chi connectivity index (χ4v) is 2.82. The quantitative estimate of drug-likeness (QED) is 0.772. The van der Waals surface area contributed by atoms with Gasteiger partial charge in [-0.15, -0.1) is 0 Å². The molecule has 7 heteroatoms. The van der Waals surface area contributed by atoms with Gasteiger partial charge in [-0.3, -0.25) is 9.59 Å². The summed E-state index contributed by atoms with van der Waals surface area (Å²) in [5.41, 5.74) is 0.706. The third-order valence-corrected chi connectivity index (χ3v) is 4.21. The standard InChI is InChI=1S/C17H10Cl2FNO3/c1-24-11-5-2-9(3-6-11)14-15(19)17(23)21(16(14)22)10-4-7-13(20)12(18)8-10/h2-8H,1H3. The lowest BCUT2D eigenvalue weighted by Gasteiger charge is -2.15. The van der Waals surface area contributed by atoms with E-state index < -0.39 is 17.6 Å². The Morgan fingerprint density at radius 1 is 1.00 bits per heavy atom. The van der Waals surface area contributed by atoms with Crippen LogP contribution in [-0.2, 0) is 9.59 Å². The van der Waals surface area contributed by atoms with Gasteiger partial charge in [-0.05, 0) is 35.9 Å². The number of methoxy groups -OCH3 is 1. The fraction of sp³-hybridized carbons (Fsp3) is 0.0588. The second kappa shape index (κ2) is 6.26. The van der Waals surface area contributed by atoms with Crippen molar-refractivity contribution in [1.82, 2.24) is 0 Å². The van der Waals surface area contributed by atoms with Crippen LogP contribution in [0.5, 0.6) is 5.75 Å². The van der Waals surface area contributed by atoms with Crippen molar-refractivity contribution >= 4 is 46.3 Å². The number of hydrogen-bond acceptors (Lipinski definition) is 3. The SMILES string of the molecule is COc1ccc(C2=C(Cl)C(=O)N(c3ccc(F)c(Cl)c3)C2=O)cc1. The van der Waals surface area contributed by atoms with E-state index in [0.29, 0.717) is 11.3 Å². The highest BCUT2D eigenvalue weighted by Gasteiger charge is 2.39. The number of anilines is 1. The van der Waals surface area contributed by atoms with Crippen LogP contribution in [-0.4, -0.2) is 18.9 Å². The largest absolute Gasteiger partial charge is 0.497 e. The van der Waals surface area contributed by atoms with Gasteiger partial charge in [0.25, 0.3) is 11.8 Å². The minimum atomic E-state index is -0.685. The summed E-state index contributed by atoms with van der Waals surface area (Å²) in [6.07, 6.45) is 0. The van der Waals surface area contributed by atoms with Crippen molar-refractivity contribution in [3.05, 3.63) is 63.9 Å². The number of amides is 2. The Kier molecular flexibility index (Phi) is 4.30. The lowest BCUT2D eigenvalue weighted by atomic mass is 10.1. The Morgan fingerprint density at radius 2 is 1.67 bits per heavy atom. The van der Waals surface area contributed by atoms with E-state index in [9.17, 15) is 14.0 Å². The molecule has 0 unspecified atom stereocenters. The van der Waals surface area contributed by atoms with Crippen LogP contribution < -0.4 is 9.64 Å². The first-order valence-corrected chi connectivity index (χ1v) is 7.57. The maximum absolute atomic E-state index is 13.3. The summed E-state index contributed by atoms with van der Waals surface area (Å²) in [4.78, 5) is 25.9. The zero-order valence-corrected chi connectivity index (χ0v) is 13.9. The first-order valence-electron chi connectivity index (χ1n) is 6.82. The zero-order chi connectivity index (χ0) is 17.4. The number of carbonyl (C=O) groups excluding carboxylic acids is 2. The van der Waals surface area contributed by atoms with Gasteiger partial charge in [-0.1, -0.05) is 35.3 Å². The summed E-state index contributed by atoms with van der Waals surface area (Å²) in [5.74, 6) is -1.32. The van der Waals surface area contributed by atoms with Gasteiger partial charge >= 0.3 is 0 Å². The average Bonchev–Trinajstić information content (AvgIpc) is 2.80. The molecular weight excluding hydrogens is 356 g/mol. The number of imide groups is 1. The van der Waals surface area contributed by atoms with E-state index in [1.54, 1.807) is 24.3 Å². The molecule has 2 aromatic rings. The summed E-state index contributed by atoms with van der Waals surface area (Å²) < 4.78 is 18.4. The second-order valence-electron chi connectivity index (χ2n) is 4.96. The summed E-state index contributed by atoms with van der Waals surface area (Å²) in [6.45, 7) is 0. The number of halogens is 3. The van der Waals surface area contributed by atoms with Gasteiger partial charge in [-0.25, -0.2) is 9.29 Å². The molecule has 0 saturated heterocycles. The highest BCUT2D eigenvalue weighted by molar-refractivity contribution is 6.60. The molecule has 0 aliphatic carbocycles. The van der Waals surface area contributed by atoms with Gasteiger partial charge in [0, 0.05) is 0 Å². The predicted molar refractivity (Wildman–Crippen MR) is 89.7 cm³/mol. The van der Waals surface area contributed by atoms with Crippen LogP contribution in [0.3, 0.4) is 0 Å². The summed E-state index contributed by atoms with van der Waals surface area (Å²) in [7, 11) is 1.52. The van der Waals surface area contributed by atoms with Crippen LogP contribution in [0.15, 0.2) is 47.5 Å². The van der Waals surface area contributed by atoms with Gasteiger partial charge in [-0.2, -0.15) is 0 Å². The zero-order valence-electron chi connectivity index (χ0n) is 12.3. The van der Waals surface area contributed by atoms with Crippen LogP contribution in [0.2, 0.25) is 5.02 Å². The van der Waals surface area contributed by atoms with Crippen molar-refractivity contribution < 1.29 is 18.7 Å². The Morgan fingerprint density at radius 3 is 2.25 bits per heavy atom. The number of ether oxygens (including phenoxy) is 1. The lowest BCUT2D eigenvalue weighted by Crippen LogP contribution is -2.31. The Bertz CT molecular complexity index is 878. The summed E-state index contributed by atoms with van der Waals surface area (Å²) in [5, 5.41) is -0.396. The first kappa shape index (κ1) is 16.5. The normalized spacial score (nSPS) is 14.6. The maximum Gasteiger partial charge on any atom is 0.277 e. The molecule has 0 fully saturated rings. The molecule has 2 aromatic carbocycles. The van der Waals surface area contributed by atoms with Crippen molar-refractivity contribution in [2.75, 3.05) is 12.0 Å². The lowest BCUT2D eigenvalue weighted by molar-refractivity contribution is -0.119. The molecular formula is C17H10Cl2FNO3. The summed E-state index contributed by atoms with van der Waals surface area (Å²) in [6, 6.07) is 10.1. The molecule has 1 aliphatic heterocycles. The molecule has 1 aliphatic rings. The molecule has 2 amide bonds. The van der Waals surface area contributed by atoms with Crippen LogP contribution in [0.1, 0.15) is 5.56 Å². The van der Waals surface area contributed by atoms with Crippen molar-refractivity contribution in [1.29, 1.82) is 0 Å². The van der Waals surface area contributed by atoms with E-state index in [2.05, 4.69) is 0 Å². The maximum atomic E-state index is 13.3. The Hall–Kier alpha value is -2.37. The summed E-state index contributed by atoms with van der Waals surface area (Å²) >= 11 is 11.8. The molecule has 0 aromatic heterocycles. The third kappa shape index (κ3) is 2.66. The van der Waals surface area contributed by atoms with Crippen LogP contribution in [0.25, 0.3) is 5.57 Å². The Labute approximate surface area is 147 Å². The van der Waals surface area contributed by atoms with Crippen LogP contribution in [0.4, 0.5) is 10.1 Å². The van der Waals surface area contributed by atoms with E-state index in [1.807, 2.05) is 0 Å². The number of benzene rings is 2. The monoisotopic (exact) mass is 365 g/mol. The van der Waals surface area contributed by atoms with Gasteiger partial charge < -0.3 is 4.74 Å². The molecule has 122 valence electrons. The first-order chi connectivity index (χ1) is 11.4. The van der Waals surface area contributed by atoms with Crippen LogP contribution >= 0.6 is 23.2 Å². The van der Waals surface area contributed by atoms with E-state index in [0.717, 1.165) is 11.0 Å². The Balaban J connectivity index is 2.02. The van der Waals surface area contributed by atoms with Crippen LogP contribution in [0, 0.1) is 5.82 Å². The highest BCUT2D eigenvalue weighted by atomic mass is 35.5. The number of carbonyl (C=O) groups is 2. The molecule has 0 saturated carbocycles. The topological polar surface area (TPSA) is 46.6 Å². The number of hydrogen-bond donors (Lipinski definition) is 0. The smallest absolute Gasteiger partial charge is 0.277 e. The average molecular weight is 366 g/mol. The van der Waals surface area contributed by atoms with Gasteiger partial charge in [0.05, 0.1) is 23.4 Å². The molecule has 4 nitrogen and oxygen atoms in total. The molecule has 3 rings (SSSR count). The van der Waals surface area contributed by atoms with Crippen molar-refractivity contribution in [2.45, 2.75) is 0 Å². The molecule has 0 spiro atoms. The van der Waals surface area contributed by atoms with E-state index in [-0.39, 0.29) is 21.3 Å². The van der Waals surface area contributed by atoms with Crippen molar-refractivity contribution in [2.24, 2.45) is 0 Å². The molecule has 0 radical (unpaired) electrons. The molecule has 0 N–H and O–H groups in total. The molecule has 24 heavy (non-hydrogen) atoms. The van der Waals surface area contributed by atoms with Crippen molar-refractivity contribution in [3.8, 4) is 5.75 Å². The van der Waals surface area contributed by atoms with Gasteiger partial charge in [0.15, 0.2) is 0 Å². The van der Waals surface area contributed by atoms with E-state index in [4.69, 9.17) is 27.9 Å².